The van der Waals surface area contributed by atoms with Gasteiger partial charge < -0.3 is 14.5 Å². The van der Waals surface area contributed by atoms with Crippen molar-refractivity contribution in [2.75, 3.05) is 13.2 Å². The minimum atomic E-state index is 0.270. The molecule has 1 N–H and O–H groups in total. The van der Waals surface area contributed by atoms with Gasteiger partial charge in [-0.25, -0.2) is 0 Å². The molecule has 0 fully saturated rings. The summed E-state index contributed by atoms with van der Waals surface area (Å²) in [5, 5.41) is 3.53. The van der Waals surface area contributed by atoms with E-state index in [9.17, 15) is 0 Å². The lowest BCUT2D eigenvalue weighted by molar-refractivity contribution is 0.251. The highest BCUT2D eigenvalue weighted by Crippen LogP contribution is 2.38. The third-order valence-electron chi connectivity index (χ3n) is 3.94. The van der Waals surface area contributed by atoms with E-state index in [0.29, 0.717) is 5.92 Å². The van der Waals surface area contributed by atoms with E-state index in [-0.39, 0.29) is 6.04 Å². The molecule has 0 aliphatic carbocycles. The van der Waals surface area contributed by atoms with E-state index in [4.69, 9.17) is 9.15 Å². The molecule has 1 aromatic carbocycles. The molecule has 0 radical (unpaired) electrons. The van der Waals surface area contributed by atoms with Gasteiger partial charge in [0, 0.05) is 0 Å². The maximum atomic E-state index is 5.74. The van der Waals surface area contributed by atoms with Crippen molar-refractivity contribution in [3.63, 3.8) is 0 Å². The van der Waals surface area contributed by atoms with Crippen LogP contribution < -0.4 is 10.1 Å². The van der Waals surface area contributed by atoms with Crippen LogP contribution in [0.4, 0.5) is 0 Å². The average molecular weight is 271 g/mol. The van der Waals surface area contributed by atoms with Gasteiger partial charge in [0.25, 0.3) is 0 Å². The number of fused-ring (bicyclic) bond motifs is 1. The van der Waals surface area contributed by atoms with Crippen molar-refractivity contribution in [2.24, 2.45) is 0 Å². The minimum Gasteiger partial charge on any atom is -0.493 e. The molecule has 2 aromatic rings. The summed E-state index contributed by atoms with van der Waals surface area (Å²) in [5.41, 5.74) is 1.33. The van der Waals surface area contributed by atoms with E-state index in [0.717, 1.165) is 37.5 Å². The van der Waals surface area contributed by atoms with Crippen molar-refractivity contribution in [1.29, 1.82) is 0 Å². The molecule has 1 aromatic heterocycles. The molecule has 2 atom stereocenters. The Hall–Kier alpha value is -1.74. The molecule has 3 heteroatoms. The van der Waals surface area contributed by atoms with E-state index >= 15 is 0 Å². The van der Waals surface area contributed by atoms with Crippen molar-refractivity contribution >= 4 is 0 Å². The summed E-state index contributed by atoms with van der Waals surface area (Å²) in [6.07, 6.45) is 3.86. The molecule has 0 spiro atoms. The fourth-order valence-corrected chi connectivity index (χ4v) is 2.98. The van der Waals surface area contributed by atoms with Gasteiger partial charge in [-0.15, -0.1) is 0 Å². The Balaban J connectivity index is 1.79. The molecular formula is C17H21NO2. The average Bonchev–Trinajstić information content (AvgIpc) is 3.01. The molecule has 1 aliphatic rings. The lowest BCUT2D eigenvalue weighted by atomic mass is 9.87. The quantitative estimate of drug-likeness (QED) is 0.896. The molecule has 2 heterocycles. The van der Waals surface area contributed by atoms with Gasteiger partial charge >= 0.3 is 0 Å². The first-order valence-corrected chi connectivity index (χ1v) is 7.37. The normalized spacial score (nSPS) is 19.1. The van der Waals surface area contributed by atoms with Crippen molar-refractivity contribution in [3.05, 3.63) is 54.0 Å². The van der Waals surface area contributed by atoms with Crippen LogP contribution in [0.15, 0.2) is 47.1 Å². The predicted octanol–water partition coefficient (Wildman–Crippen LogP) is 3.89. The third-order valence-corrected chi connectivity index (χ3v) is 3.94. The van der Waals surface area contributed by atoms with Crippen LogP contribution in [-0.2, 0) is 0 Å². The van der Waals surface area contributed by atoms with Crippen molar-refractivity contribution < 1.29 is 9.15 Å². The van der Waals surface area contributed by atoms with Crippen LogP contribution >= 0.6 is 0 Å². The largest absolute Gasteiger partial charge is 0.493 e. The van der Waals surface area contributed by atoms with Crippen LogP contribution in [0.3, 0.4) is 0 Å². The highest BCUT2D eigenvalue weighted by atomic mass is 16.5. The van der Waals surface area contributed by atoms with Crippen LogP contribution in [0.2, 0.25) is 0 Å². The first-order valence-electron chi connectivity index (χ1n) is 7.37. The van der Waals surface area contributed by atoms with E-state index in [1.54, 1.807) is 6.26 Å². The zero-order chi connectivity index (χ0) is 13.8. The van der Waals surface area contributed by atoms with E-state index in [1.165, 1.54) is 5.56 Å². The van der Waals surface area contributed by atoms with Gasteiger partial charge in [-0.1, -0.05) is 25.1 Å². The van der Waals surface area contributed by atoms with Gasteiger partial charge in [-0.3, -0.25) is 0 Å². The Labute approximate surface area is 119 Å². The number of para-hydroxylation sites is 1. The minimum absolute atomic E-state index is 0.270. The molecule has 3 rings (SSSR count). The Morgan fingerprint density at radius 3 is 2.95 bits per heavy atom. The van der Waals surface area contributed by atoms with Gasteiger partial charge in [0.2, 0.25) is 0 Å². The number of furan rings is 1. The second-order valence-electron chi connectivity index (χ2n) is 5.23. The Bertz CT molecular complexity index is 536. The molecule has 0 bridgehead atoms. The van der Waals surface area contributed by atoms with Crippen LogP contribution in [0, 0.1) is 0 Å². The topological polar surface area (TPSA) is 34.4 Å². The van der Waals surface area contributed by atoms with Crippen molar-refractivity contribution in [3.8, 4) is 5.75 Å². The first kappa shape index (κ1) is 13.3. The van der Waals surface area contributed by atoms with E-state index in [2.05, 4.69) is 36.5 Å². The monoisotopic (exact) mass is 271 g/mol. The summed E-state index contributed by atoms with van der Waals surface area (Å²) in [6, 6.07) is 12.7. The zero-order valence-corrected chi connectivity index (χ0v) is 11.8. The second-order valence-corrected chi connectivity index (χ2v) is 5.23. The smallest absolute Gasteiger partial charge is 0.122 e. The van der Waals surface area contributed by atoms with Gasteiger partial charge in [-0.2, -0.15) is 0 Å². The number of ether oxygens (including phenoxy) is 1. The lowest BCUT2D eigenvalue weighted by Crippen LogP contribution is -2.24. The summed E-state index contributed by atoms with van der Waals surface area (Å²) < 4.78 is 11.3. The molecule has 106 valence electrons. The summed E-state index contributed by atoms with van der Waals surface area (Å²) in [4.78, 5) is 0. The van der Waals surface area contributed by atoms with Crippen molar-refractivity contribution in [2.45, 2.75) is 31.7 Å². The Morgan fingerprint density at radius 2 is 2.15 bits per heavy atom. The summed E-state index contributed by atoms with van der Waals surface area (Å²) in [6.45, 7) is 3.88. The molecule has 0 amide bonds. The summed E-state index contributed by atoms with van der Waals surface area (Å²) in [5.74, 6) is 2.59. The number of hydrogen-bond donors (Lipinski definition) is 1. The number of benzene rings is 1. The molecule has 20 heavy (non-hydrogen) atoms. The van der Waals surface area contributed by atoms with Crippen LogP contribution in [0.1, 0.15) is 43.0 Å². The van der Waals surface area contributed by atoms with Gasteiger partial charge in [0.1, 0.15) is 11.5 Å². The van der Waals surface area contributed by atoms with E-state index in [1.807, 2.05) is 12.1 Å². The Kier molecular flexibility index (Phi) is 4.07. The second kappa shape index (κ2) is 6.14. The van der Waals surface area contributed by atoms with Gasteiger partial charge in [-0.05, 0) is 49.1 Å². The molecule has 3 nitrogen and oxygen atoms in total. The zero-order valence-electron chi connectivity index (χ0n) is 11.8. The highest BCUT2D eigenvalue weighted by molar-refractivity contribution is 5.38. The van der Waals surface area contributed by atoms with Gasteiger partial charge in [0.05, 0.1) is 18.9 Å². The first-order chi connectivity index (χ1) is 9.88. The van der Waals surface area contributed by atoms with Crippen LogP contribution in [-0.4, -0.2) is 13.2 Å². The molecule has 0 saturated carbocycles. The fourth-order valence-electron chi connectivity index (χ4n) is 2.98. The SMILES string of the molecule is CCNC(CC1CCOc2ccccc21)c1ccco1. The summed E-state index contributed by atoms with van der Waals surface area (Å²) >= 11 is 0. The molecule has 0 saturated heterocycles. The molecule has 2 unspecified atom stereocenters. The molecular weight excluding hydrogens is 250 g/mol. The summed E-state index contributed by atoms with van der Waals surface area (Å²) in [7, 11) is 0. The van der Waals surface area contributed by atoms with Crippen molar-refractivity contribution in [1.82, 2.24) is 5.32 Å². The standard InChI is InChI=1S/C17H21NO2/c1-2-18-15(17-8-5-10-19-17)12-13-9-11-20-16-7-4-3-6-14(13)16/h3-8,10,13,15,18H,2,9,11-12H2,1H3. The maximum Gasteiger partial charge on any atom is 0.122 e. The predicted molar refractivity (Wildman–Crippen MR) is 79.0 cm³/mol. The maximum absolute atomic E-state index is 5.74. The molecule has 1 aliphatic heterocycles. The van der Waals surface area contributed by atoms with Crippen LogP contribution in [0.25, 0.3) is 0 Å². The Morgan fingerprint density at radius 1 is 1.25 bits per heavy atom. The lowest BCUT2D eigenvalue weighted by Gasteiger charge is -2.28. The van der Waals surface area contributed by atoms with E-state index < -0.39 is 0 Å². The number of nitrogens with one attached hydrogen (secondary N) is 1. The fraction of sp³-hybridized carbons (Fsp3) is 0.412. The third kappa shape index (κ3) is 2.73. The van der Waals surface area contributed by atoms with Gasteiger partial charge in [0.15, 0.2) is 0 Å². The highest BCUT2D eigenvalue weighted by Gasteiger charge is 2.25. The number of rotatable bonds is 5. The van der Waals surface area contributed by atoms with Crippen LogP contribution in [0.5, 0.6) is 5.75 Å². The number of hydrogen-bond acceptors (Lipinski definition) is 3.